The van der Waals surface area contributed by atoms with Gasteiger partial charge in [0.25, 0.3) is 0 Å². The molecule has 5 heteroatoms. The number of hydrogen-bond donors (Lipinski definition) is 1. The molecule has 0 fully saturated rings. The summed E-state index contributed by atoms with van der Waals surface area (Å²) in [5.74, 6) is 0. The van der Waals surface area contributed by atoms with E-state index in [-0.39, 0.29) is 4.90 Å². The average Bonchev–Trinajstić information content (AvgIpc) is 2.29. The molecule has 2 aromatic rings. The molecule has 0 aliphatic carbocycles. The molecule has 0 amide bonds. The number of halogens is 1. The third kappa shape index (κ3) is 2.45. The first kappa shape index (κ1) is 11.6. The van der Waals surface area contributed by atoms with Gasteiger partial charge in [0.2, 0.25) is 0 Å². The first-order chi connectivity index (χ1) is 7.98. The third-order valence-electron chi connectivity index (χ3n) is 2.41. The van der Waals surface area contributed by atoms with E-state index < -0.39 is 10.2 Å². The van der Waals surface area contributed by atoms with Crippen LogP contribution in [0, 0.1) is 0 Å². The van der Waals surface area contributed by atoms with Crippen LogP contribution in [0.4, 0.5) is 9.57 Å². The zero-order valence-electron chi connectivity index (χ0n) is 8.80. The largest absolute Gasteiger partial charge is 0.398 e. The minimum atomic E-state index is -4.64. The fourth-order valence-corrected chi connectivity index (χ4v) is 2.02. The van der Waals surface area contributed by atoms with Gasteiger partial charge in [-0.25, -0.2) is 0 Å². The summed E-state index contributed by atoms with van der Waals surface area (Å²) in [6, 6.07) is 12.7. The molecule has 2 aromatic carbocycles. The van der Waals surface area contributed by atoms with Gasteiger partial charge in [0, 0.05) is 11.3 Å². The SMILES string of the molecule is Nc1ccccc1-c1ccc(S(=O)(=O)F)cc1. The molecule has 2 N–H and O–H groups in total. The second kappa shape index (κ2) is 4.18. The molecule has 0 aromatic heterocycles. The van der Waals surface area contributed by atoms with Crippen molar-refractivity contribution in [3.63, 3.8) is 0 Å². The number of hydrogen-bond acceptors (Lipinski definition) is 3. The quantitative estimate of drug-likeness (QED) is 0.659. The Kier molecular flexibility index (Phi) is 2.85. The van der Waals surface area contributed by atoms with E-state index in [1.165, 1.54) is 24.3 Å². The van der Waals surface area contributed by atoms with E-state index in [0.717, 1.165) is 11.1 Å². The summed E-state index contributed by atoms with van der Waals surface area (Å²) in [6.45, 7) is 0. The summed E-state index contributed by atoms with van der Waals surface area (Å²) in [5, 5.41) is 0. The minimum Gasteiger partial charge on any atom is -0.398 e. The van der Waals surface area contributed by atoms with E-state index in [4.69, 9.17) is 5.73 Å². The van der Waals surface area contributed by atoms with Crippen molar-refractivity contribution < 1.29 is 12.3 Å². The summed E-state index contributed by atoms with van der Waals surface area (Å²) in [7, 11) is -4.64. The highest BCUT2D eigenvalue weighted by Gasteiger charge is 2.11. The standard InChI is InChI=1S/C12H10FNO2S/c13-17(15,16)10-7-5-9(6-8-10)11-3-1-2-4-12(11)14/h1-8H,14H2. The molecule has 0 unspecified atom stereocenters. The van der Waals surface area contributed by atoms with Crippen molar-refractivity contribution in [1.82, 2.24) is 0 Å². The summed E-state index contributed by atoms with van der Waals surface area (Å²) in [6.07, 6.45) is 0. The first-order valence-electron chi connectivity index (χ1n) is 4.88. The van der Waals surface area contributed by atoms with E-state index in [1.54, 1.807) is 12.1 Å². The number of nitrogen functional groups attached to an aromatic ring is 1. The summed E-state index contributed by atoms with van der Waals surface area (Å²) in [4.78, 5) is -0.351. The predicted octanol–water partition coefficient (Wildman–Crippen LogP) is 2.59. The summed E-state index contributed by atoms with van der Waals surface area (Å²) < 4.78 is 34.0. The van der Waals surface area contributed by atoms with Crippen molar-refractivity contribution >= 4 is 15.9 Å². The molecule has 0 atom stereocenters. The fraction of sp³-hybridized carbons (Fsp3) is 0. The van der Waals surface area contributed by atoms with Gasteiger partial charge in [0.05, 0.1) is 4.90 Å². The molecule has 0 aliphatic heterocycles. The van der Waals surface area contributed by atoms with Crippen LogP contribution in [0.25, 0.3) is 11.1 Å². The third-order valence-corrected chi connectivity index (χ3v) is 3.24. The normalized spacial score (nSPS) is 11.4. The van der Waals surface area contributed by atoms with Crippen LogP contribution in [-0.2, 0) is 10.2 Å². The minimum absolute atomic E-state index is 0.351. The van der Waals surface area contributed by atoms with Crippen LogP contribution in [0.15, 0.2) is 53.4 Å². The number of nitrogens with two attached hydrogens (primary N) is 1. The van der Waals surface area contributed by atoms with Crippen molar-refractivity contribution in [1.29, 1.82) is 0 Å². The van der Waals surface area contributed by atoms with Gasteiger partial charge in [-0.1, -0.05) is 30.3 Å². The molecule has 17 heavy (non-hydrogen) atoms. The molecule has 0 saturated carbocycles. The molecule has 0 radical (unpaired) electrons. The molecule has 3 nitrogen and oxygen atoms in total. The topological polar surface area (TPSA) is 60.2 Å². The van der Waals surface area contributed by atoms with Crippen LogP contribution in [0.1, 0.15) is 0 Å². The van der Waals surface area contributed by atoms with Crippen molar-refractivity contribution in [2.75, 3.05) is 5.73 Å². The fourth-order valence-electron chi connectivity index (χ4n) is 1.56. The maximum atomic E-state index is 12.7. The Balaban J connectivity index is 2.47. The van der Waals surface area contributed by atoms with Crippen molar-refractivity contribution in [3.05, 3.63) is 48.5 Å². The maximum absolute atomic E-state index is 12.7. The van der Waals surface area contributed by atoms with Gasteiger partial charge in [0.1, 0.15) is 0 Å². The number of anilines is 1. The Morgan fingerprint density at radius 2 is 1.53 bits per heavy atom. The molecule has 0 bridgehead atoms. The van der Waals surface area contributed by atoms with Gasteiger partial charge >= 0.3 is 10.2 Å². The lowest BCUT2D eigenvalue weighted by molar-refractivity contribution is 0.552. The molecular weight excluding hydrogens is 241 g/mol. The first-order valence-corrected chi connectivity index (χ1v) is 6.26. The number of rotatable bonds is 2. The Hall–Kier alpha value is -1.88. The highest BCUT2D eigenvalue weighted by atomic mass is 32.3. The molecular formula is C12H10FNO2S. The monoisotopic (exact) mass is 251 g/mol. The lowest BCUT2D eigenvalue weighted by Crippen LogP contribution is -1.92. The zero-order chi connectivity index (χ0) is 12.5. The number of benzene rings is 2. The highest BCUT2D eigenvalue weighted by molar-refractivity contribution is 7.86. The molecule has 88 valence electrons. The Morgan fingerprint density at radius 1 is 0.941 bits per heavy atom. The van der Waals surface area contributed by atoms with Crippen LogP contribution in [0.2, 0.25) is 0 Å². The Bertz CT molecular complexity index is 636. The van der Waals surface area contributed by atoms with Crippen LogP contribution in [0.3, 0.4) is 0 Å². The van der Waals surface area contributed by atoms with Crippen LogP contribution in [0.5, 0.6) is 0 Å². The van der Waals surface area contributed by atoms with E-state index in [9.17, 15) is 12.3 Å². The van der Waals surface area contributed by atoms with E-state index in [2.05, 4.69) is 0 Å². The molecule has 0 spiro atoms. The predicted molar refractivity (Wildman–Crippen MR) is 64.6 cm³/mol. The van der Waals surface area contributed by atoms with E-state index >= 15 is 0 Å². The van der Waals surface area contributed by atoms with Crippen molar-refractivity contribution in [2.45, 2.75) is 4.90 Å². The zero-order valence-corrected chi connectivity index (χ0v) is 9.62. The van der Waals surface area contributed by atoms with Gasteiger partial charge in [-0.3, -0.25) is 0 Å². The van der Waals surface area contributed by atoms with Gasteiger partial charge in [-0.15, -0.1) is 3.89 Å². The molecule has 2 rings (SSSR count). The van der Waals surface area contributed by atoms with E-state index in [1.807, 2.05) is 12.1 Å². The summed E-state index contributed by atoms with van der Waals surface area (Å²) >= 11 is 0. The summed E-state index contributed by atoms with van der Waals surface area (Å²) in [5.41, 5.74) is 7.90. The molecule has 0 heterocycles. The van der Waals surface area contributed by atoms with Crippen molar-refractivity contribution in [3.8, 4) is 11.1 Å². The highest BCUT2D eigenvalue weighted by Crippen LogP contribution is 2.26. The van der Waals surface area contributed by atoms with Crippen molar-refractivity contribution in [2.24, 2.45) is 0 Å². The van der Waals surface area contributed by atoms with Crippen LogP contribution < -0.4 is 5.73 Å². The molecule has 0 aliphatic rings. The molecule has 0 saturated heterocycles. The second-order valence-electron chi connectivity index (χ2n) is 3.55. The second-order valence-corrected chi connectivity index (χ2v) is 4.90. The van der Waals surface area contributed by atoms with Gasteiger partial charge in [-0.2, -0.15) is 8.42 Å². The smallest absolute Gasteiger partial charge is 0.332 e. The van der Waals surface area contributed by atoms with Crippen LogP contribution in [-0.4, -0.2) is 8.42 Å². The number of para-hydroxylation sites is 1. The van der Waals surface area contributed by atoms with Gasteiger partial charge < -0.3 is 5.73 Å². The van der Waals surface area contributed by atoms with Gasteiger partial charge in [-0.05, 0) is 23.8 Å². The Morgan fingerprint density at radius 3 is 2.06 bits per heavy atom. The van der Waals surface area contributed by atoms with E-state index in [0.29, 0.717) is 5.69 Å². The average molecular weight is 251 g/mol. The Labute approximate surface area is 98.9 Å². The van der Waals surface area contributed by atoms with Gasteiger partial charge in [0.15, 0.2) is 0 Å². The maximum Gasteiger partial charge on any atom is 0.332 e. The van der Waals surface area contributed by atoms with Crippen LogP contribution >= 0.6 is 0 Å². The lowest BCUT2D eigenvalue weighted by Gasteiger charge is -2.05. The lowest BCUT2D eigenvalue weighted by atomic mass is 10.0.